The fourth-order valence-electron chi connectivity index (χ4n) is 2.45. The monoisotopic (exact) mass is 295 g/mol. The molecule has 0 heterocycles. The van der Waals surface area contributed by atoms with Crippen LogP contribution in [0, 0.1) is 5.92 Å². The first-order valence-corrected chi connectivity index (χ1v) is 6.95. The number of urea groups is 1. The molecule has 0 aromatic rings. The van der Waals surface area contributed by atoms with E-state index in [0.29, 0.717) is 25.9 Å². The average molecular weight is 295 g/mol. The smallest absolute Gasteiger partial charge is 0.327 e. The summed E-state index contributed by atoms with van der Waals surface area (Å²) in [5, 5.41) is 2.17. The van der Waals surface area contributed by atoms with Crippen LogP contribution in [0.3, 0.4) is 0 Å². The maximum absolute atomic E-state index is 13.1. The molecule has 118 valence electrons. The van der Waals surface area contributed by atoms with Gasteiger partial charge in [0.05, 0.1) is 0 Å². The third-order valence-corrected chi connectivity index (χ3v) is 3.73. The Morgan fingerprint density at radius 2 is 1.75 bits per heavy atom. The minimum Gasteiger partial charge on any atom is -0.327 e. The lowest BCUT2D eigenvalue weighted by Crippen LogP contribution is -2.53. The van der Waals surface area contributed by atoms with Gasteiger partial charge in [-0.2, -0.15) is 13.2 Å². The summed E-state index contributed by atoms with van der Waals surface area (Å²) in [7, 11) is 5.21. The van der Waals surface area contributed by atoms with E-state index in [1.807, 2.05) is 19.0 Å². The summed E-state index contributed by atoms with van der Waals surface area (Å²) in [5.41, 5.74) is 0. The van der Waals surface area contributed by atoms with Crippen molar-refractivity contribution < 1.29 is 18.0 Å². The van der Waals surface area contributed by atoms with Crippen molar-refractivity contribution in [2.24, 2.45) is 5.92 Å². The van der Waals surface area contributed by atoms with Crippen molar-refractivity contribution in [3.8, 4) is 0 Å². The number of hydrogen-bond acceptors (Lipinski definition) is 2. The van der Waals surface area contributed by atoms with E-state index in [-0.39, 0.29) is 0 Å². The number of alkyl halides is 3. The standard InChI is InChI=1S/C13H24F3N3O/c1-18(2)8-9-19(3)12(20)17-11(13(14,15)16)10-6-4-5-7-10/h10-11H,4-9H2,1-3H3,(H,17,20). The molecule has 0 aliphatic heterocycles. The molecular weight excluding hydrogens is 271 g/mol. The average Bonchev–Trinajstić information content (AvgIpc) is 2.84. The lowest BCUT2D eigenvalue weighted by molar-refractivity contribution is -0.165. The van der Waals surface area contributed by atoms with E-state index in [4.69, 9.17) is 0 Å². The van der Waals surface area contributed by atoms with E-state index in [2.05, 4.69) is 5.32 Å². The highest BCUT2D eigenvalue weighted by Gasteiger charge is 2.46. The lowest BCUT2D eigenvalue weighted by Gasteiger charge is -2.29. The van der Waals surface area contributed by atoms with Gasteiger partial charge in [-0.3, -0.25) is 0 Å². The minimum absolute atomic E-state index is 0.397. The number of rotatable bonds is 5. The Balaban J connectivity index is 2.58. The van der Waals surface area contributed by atoms with Crippen LogP contribution in [0.2, 0.25) is 0 Å². The molecule has 1 aliphatic rings. The van der Waals surface area contributed by atoms with Gasteiger partial charge in [-0.25, -0.2) is 4.79 Å². The molecule has 1 unspecified atom stereocenters. The Hall–Kier alpha value is -0.980. The molecule has 20 heavy (non-hydrogen) atoms. The summed E-state index contributed by atoms with van der Waals surface area (Å²) < 4.78 is 39.2. The van der Waals surface area contributed by atoms with Crippen molar-refractivity contribution in [2.45, 2.75) is 37.9 Å². The lowest BCUT2D eigenvalue weighted by atomic mass is 9.98. The highest BCUT2D eigenvalue weighted by Crippen LogP contribution is 2.35. The molecule has 1 atom stereocenters. The van der Waals surface area contributed by atoms with Crippen molar-refractivity contribution in [3.63, 3.8) is 0 Å². The van der Waals surface area contributed by atoms with E-state index in [0.717, 1.165) is 12.8 Å². The first-order chi connectivity index (χ1) is 9.21. The molecule has 1 fully saturated rings. The zero-order valence-corrected chi connectivity index (χ0v) is 12.3. The molecule has 0 saturated heterocycles. The largest absolute Gasteiger partial charge is 0.408 e. The van der Waals surface area contributed by atoms with Crippen LogP contribution in [-0.4, -0.2) is 62.3 Å². The van der Waals surface area contributed by atoms with Crippen LogP contribution in [0.25, 0.3) is 0 Å². The summed E-state index contributed by atoms with van der Waals surface area (Å²) in [6, 6.07) is -2.37. The number of carbonyl (C=O) groups is 1. The van der Waals surface area contributed by atoms with Gasteiger partial charge in [-0.15, -0.1) is 0 Å². The van der Waals surface area contributed by atoms with E-state index in [1.165, 1.54) is 11.9 Å². The molecule has 1 rings (SSSR count). The third-order valence-electron chi connectivity index (χ3n) is 3.73. The molecule has 1 aliphatic carbocycles. The molecule has 4 nitrogen and oxygen atoms in total. The molecular formula is C13H24F3N3O. The molecule has 0 radical (unpaired) electrons. The SMILES string of the molecule is CN(C)CCN(C)C(=O)NC(C1CCCC1)C(F)(F)F. The van der Waals surface area contributed by atoms with Gasteiger partial charge in [0.2, 0.25) is 0 Å². The third kappa shape index (κ3) is 5.19. The quantitative estimate of drug-likeness (QED) is 0.845. The van der Waals surface area contributed by atoms with Gasteiger partial charge in [0.25, 0.3) is 0 Å². The van der Waals surface area contributed by atoms with Gasteiger partial charge in [0, 0.05) is 20.1 Å². The first kappa shape index (κ1) is 17.1. The molecule has 1 saturated carbocycles. The number of nitrogens with one attached hydrogen (secondary N) is 1. The van der Waals surface area contributed by atoms with Crippen molar-refractivity contribution in [1.29, 1.82) is 0 Å². The van der Waals surface area contributed by atoms with Crippen molar-refractivity contribution in [1.82, 2.24) is 15.1 Å². The highest BCUT2D eigenvalue weighted by molar-refractivity contribution is 5.74. The van der Waals surface area contributed by atoms with Gasteiger partial charge in [0.1, 0.15) is 6.04 Å². The predicted molar refractivity (Wildman–Crippen MR) is 71.5 cm³/mol. The Morgan fingerprint density at radius 1 is 1.20 bits per heavy atom. The van der Waals surface area contributed by atoms with E-state index in [1.54, 1.807) is 0 Å². The van der Waals surface area contributed by atoms with Gasteiger partial charge in [0.15, 0.2) is 0 Å². The van der Waals surface area contributed by atoms with Gasteiger partial charge < -0.3 is 15.1 Å². The maximum Gasteiger partial charge on any atom is 0.408 e. The van der Waals surface area contributed by atoms with Crippen LogP contribution in [0.15, 0.2) is 0 Å². The van der Waals surface area contributed by atoms with Crippen LogP contribution in [0.1, 0.15) is 25.7 Å². The summed E-state index contributed by atoms with van der Waals surface area (Å²) >= 11 is 0. The van der Waals surface area contributed by atoms with Gasteiger partial charge >= 0.3 is 12.2 Å². The highest BCUT2D eigenvalue weighted by atomic mass is 19.4. The summed E-state index contributed by atoms with van der Waals surface area (Å²) in [4.78, 5) is 15.0. The van der Waals surface area contributed by atoms with Gasteiger partial charge in [-0.1, -0.05) is 12.8 Å². The molecule has 1 N–H and O–H groups in total. The second-order valence-electron chi connectivity index (χ2n) is 5.74. The van der Waals surface area contributed by atoms with Crippen molar-refractivity contribution in [3.05, 3.63) is 0 Å². The van der Waals surface area contributed by atoms with E-state index in [9.17, 15) is 18.0 Å². The van der Waals surface area contributed by atoms with Crippen LogP contribution in [0.5, 0.6) is 0 Å². The number of likely N-dealkylation sites (N-methyl/N-ethyl adjacent to an activating group) is 2. The Kier molecular flexibility index (Phi) is 6.10. The Bertz CT molecular complexity index is 314. The minimum atomic E-state index is -4.38. The number of carbonyl (C=O) groups excluding carboxylic acids is 1. The molecule has 7 heteroatoms. The summed E-state index contributed by atoms with van der Waals surface area (Å²) in [6.45, 7) is 1.01. The molecule has 0 spiro atoms. The zero-order valence-electron chi connectivity index (χ0n) is 12.3. The normalized spacial score (nSPS) is 18.4. The number of amides is 2. The topological polar surface area (TPSA) is 35.6 Å². The zero-order chi connectivity index (χ0) is 15.3. The van der Waals surface area contributed by atoms with E-state index >= 15 is 0 Å². The number of halogens is 3. The van der Waals surface area contributed by atoms with Crippen LogP contribution < -0.4 is 5.32 Å². The predicted octanol–water partition coefficient (Wildman–Crippen LogP) is 2.31. The summed E-state index contributed by atoms with van der Waals surface area (Å²) in [6.07, 6.45) is -1.70. The van der Waals surface area contributed by atoms with Crippen molar-refractivity contribution >= 4 is 6.03 Å². The van der Waals surface area contributed by atoms with Crippen molar-refractivity contribution in [2.75, 3.05) is 34.2 Å². The molecule has 0 aromatic carbocycles. The molecule has 2 amide bonds. The second kappa shape index (κ2) is 7.15. The fourth-order valence-corrected chi connectivity index (χ4v) is 2.45. The van der Waals surface area contributed by atoms with Gasteiger partial charge in [-0.05, 0) is 32.9 Å². The Labute approximate surface area is 118 Å². The molecule has 0 aromatic heterocycles. The molecule has 0 bridgehead atoms. The number of hydrogen-bond donors (Lipinski definition) is 1. The van der Waals surface area contributed by atoms with Crippen LogP contribution in [0.4, 0.5) is 18.0 Å². The second-order valence-corrected chi connectivity index (χ2v) is 5.74. The first-order valence-electron chi connectivity index (χ1n) is 6.95. The maximum atomic E-state index is 13.1. The number of nitrogens with zero attached hydrogens (tertiary/aromatic N) is 2. The summed E-state index contributed by atoms with van der Waals surface area (Å²) in [5.74, 6) is -0.485. The van der Waals surface area contributed by atoms with E-state index < -0.39 is 24.2 Å². The fraction of sp³-hybridized carbons (Fsp3) is 0.923. The van der Waals surface area contributed by atoms with Crippen LogP contribution >= 0.6 is 0 Å². The Morgan fingerprint density at radius 3 is 2.20 bits per heavy atom. The van der Waals surface area contributed by atoms with Crippen LogP contribution in [-0.2, 0) is 0 Å².